The molecule has 0 aliphatic carbocycles. The molecular weight excluding hydrogens is 352 g/mol. The minimum absolute atomic E-state index is 0.0246. The summed E-state index contributed by atoms with van der Waals surface area (Å²) in [5, 5.41) is 10.3. The highest BCUT2D eigenvalue weighted by molar-refractivity contribution is 6.31. The van der Waals surface area contributed by atoms with Gasteiger partial charge in [0.2, 0.25) is 11.8 Å². The molecule has 1 aromatic heterocycles. The number of halogens is 1. The molecule has 0 atom stereocenters. The topological polar surface area (TPSA) is 76.0 Å². The lowest BCUT2D eigenvalue weighted by molar-refractivity contribution is -0.117. The Hall–Kier alpha value is -2.60. The summed E-state index contributed by atoms with van der Waals surface area (Å²) >= 11 is 6.13. The third kappa shape index (κ3) is 5.46. The van der Waals surface area contributed by atoms with Crippen molar-refractivity contribution in [3.05, 3.63) is 46.8 Å². The van der Waals surface area contributed by atoms with Crippen LogP contribution in [0.4, 0.5) is 11.4 Å². The molecule has 1 heterocycles. The Labute approximate surface area is 158 Å². The van der Waals surface area contributed by atoms with Crippen LogP contribution in [0.2, 0.25) is 5.15 Å². The van der Waals surface area contributed by atoms with Crippen LogP contribution in [0.3, 0.4) is 0 Å². The van der Waals surface area contributed by atoms with Crippen molar-refractivity contribution in [2.24, 2.45) is 13.0 Å². The Kier molecular flexibility index (Phi) is 6.58. The number of nitrogens with zero attached hydrogens (tertiary/aromatic N) is 2. The molecule has 2 amide bonds. The van der Waals surface area contributed by atoms with Crippen molar-refractivity contribution in [1.82, 2.24) is 9.78 Å². The van der Waals surface area contributed by atoms with Gasteiger partial charge in [-0.1, -0.05) is 25.4 Å². The van der Waals surface area contributed by atoms with Crippen molar-refractivity contribution in [2.45, 2.75) is 27.2 Å². The number of carbonyl (C=O) groups excluding carboxylic acids is 2. The lowest BCUT2D eigenvalue weighted by Crippen LogP contribution is -2.14. The molecule has 7 heteroatoms. The van der Waals surface area contributed by atoms with Crippen LogP contribution in [0.1, 0.15) is 31.5 Å². The summed E-state index contributed by atoms with van der Waals surface area (Å²) < 4.78 is 1.56. The molecule has 6 nitrogen and oxygen atoms in total. The Bertz CT molecular complexity index is 823. The van der Waals surface area contributed by atoms with E-state index in [9.17, 15) is 9.59 Å². The van der Waals surface area contributed by atoms with Gasteiger partial charge < -0.3 is 10.6 Å². The number of hydrogen-bond donors (Lipinski definition) is 2. The molecule has 26 heavy (non-hydrogen) atoms. The van der Waals surface area contributed by atoms with E-state index in [1.165, 1.54) is 6.08 Å². The summed E-state index contributed by atoms with van der Waals surface area (Å²) in [6.07, 6.45) is 3.52. The minimum Gasteiger partial charge on any atom is -0.326 e. The highest BCUT2D eigenvalue weighted by Crippen LogP contribution is 2.20. The third-order valence-electron chi connectivity index (χ3n) is 3.63. The standard InChI is InChI=1S/C19H23ClN4O2/c1-12(2)11-18(26)22-15-7-5-14(6-8-15)21-17(25)10-9-16-13(3)23-24(4)19(16)20/h5-10,12H,11H2,1-4H3,(H,21,25)(H,22,26)/b10-9+. The molecule has 138 valence electrons. The molecule has 0 unspecified atom stereocenters. The molecule has 0 aliphatic heterocycles. The molecule has 0 saturated heterocycles. The smallest absolute Gasteiger partial charge is 0.248 e. The summed E-state index contributed by atoms with van der Waals surface area (Å²) in [6.45, 7) is 5.81. The van der Waals surface area contributed by atoms with Crippen molar-refractivity contribution < 1.29 is 9.59 Å². The summed E-state index contributed by atoms with van der Waals surface area (Å²) in [7, 11) is 1.74. The third-order valence-corrected chi connectivity index (χ3v) is 4.08. The van der Waals surface area contributed by atoms with E-state index in [4.69, 9.17) is 11.6 Å². The van der Waals surface area contributed by atoms with Crippen molar-refractivity contribution in [3.63, 3.8) is 0 Å². The molecule has 0 saturated carbocycles. The van der Waals surface area contributed by atoms with Gasteiger partial charge in [0.05, 0.1) is 5.69 Å². The molecule has 0 aliphatic rings. The second-order valence-corrected chi connectivity index (χ2v) is 6.82. The molecule has 2 aromatic rings. The fourth-order valence-electron chi connectivity index (χ4n) is 2.40. The molecule has 0 spiro atoms. The number of rotatable bonds is 6. The zero-order chi connectivity index (χ0) is 19.3. The maximum atomic E-state index is 12.1. The van der Waals surface area contributed by atoms with E-state index < -0.39 is 0 Å². The average Bonchev–Trinajstić information content (AvgIpc) is 2.79. The number of aromatic nitrogens is 2. The van der Waals surface area contributed by atoms with Crippen LogP contribution in [0.15, 0.2) is 30.3 Å². The zero-order valence-electron chi connectivity index (χ0n) is 15.3. The van der Waals surface area contributed by atoms with Crippen LogP contribution in [0.5, 0.6) is 0 Å². The van der Waals surface area contributed by atoms with Crippen LogP contribution in [-0.4, -0.2) is 21.6 Å². The molecule has 2 N–H and O–H groups in total. The first kappa shape index (κ1) is 19.7. The number of carbonyl (C=O) groups is 2. The molecule has 2 rings (SSSR count). The second kappa shape index (κ2) is 8.67. The zero-order valence-corrected chi connectivity index (χ0v) is 16.1. The predicted octanol–water partition coefficient (Wildman–Crippen LogP) is 4.02. The molecule has 0 radical (unpaired) electrons. The van der Waals surface area contributed by atoms with E-state index in [1.54, 1.807) is 42.1 Å². The van der Waals surface area contributed by atoms with Crippen LogP contribution >= 0.6 is 11.6 Å². The maximum Gasteiger partial charge on any atom is 0.248 e. The van der Waals surface area contributed by atoms with Gasteiger partial charge >= 0.3 is 0 Å². The SMILES string of the molecule is Cc1nn(C)c(Cl)c1/C=C/C(=O)Nc1ccc(NC(=O)CC(C)C)cc1. The van der Waals surface area contributed by atoms with Gasteiger partial charge in [-0.3, -0.25) is 14.3 Å². The van der Waals surface area contributed by atoms with Crippen LogP contribution < -0.4 is 10.6 Å². The van der Waals surface area contributed by atoms with Gasteiger partial charge in [-0.05, 0) is 43.2 Å². The van der Waals surface area contributed by atoms with Gasteiger partial charge in [0.1, 0.15) is 5.15 Å². The largest absolute Gasteiger partial charge is 0.326 e. The molecule has 1 aromatic carbocycles. The number of nitrogens with one attached hydrogen (secondary N) is 2. The lowest BCUT2D eigenvalue weighted by atomic mass is 10.1. The summed E-state index contributed by atoms with van der Waals surface area (Å²) in [5.41, 5.74) is 2.80. The monoisotopic (exact) mass is 374 g/mol. The highest BCUT2D eigenvalue weighted by atomic mass is 35.5. The molecular formula is C19H23ClN4O2. The fourth-order valence-corrected chi connectivity index (χ4v) is 2.64. The van der Waals surface area contributed by atoms with Gasteiger partial charge in [-0.2, -0.15) is 5.10 Å². The van der Waals surface area contributed by atoms with E-state index in [2.05, 4.69) is 15.7 Å². The summed E-state index contributed by atoms with van der Waals surface area (Å²) in [6, 6.07) is 6.97. The second-order valence-electron chi connectivity index (χ2n) is 6.46. The van der Waals surface area contributed by atoms with Crippen molar-refractivity contribution in [2.75, 3.05) is 10.6 Å². The van der Waals surface area contributed by atoms with E-state index in [0.717, 1.165) is 5.69 Å². The predicted molar refractivity (Wildman–Crippen MR) is 105 cm³/mol. The minimum atomic E-state index is -0.277. The highest BCUT2D eigenvalue weighted by Gasteiger charge is 2.09. The number of aryl methyl sites for hydroxylation is 2. The Morgan fingerprint density at radius 3 is 2.27 bits per heavy atom. The maximum absolute atomic E-state index is 12.1. The van der Waals surface area contributed by atoms with Gasteiger partial charge in [0.15, 0.2) is 0 Å². The Morgan fingerprint density at radius 1 is 1.19 bits per heavy atom. The lowest BCUT2D eigenvalue weighted by Gasteiger charge is -2.08. The Morgan fingerprint density at radius 2 is 1.77 bits per heavy atom. The van der Waals surface area contributed by atoms with Crippen molar-refractivity contribution in [3.8, 4) is 0 Å². The van der Waals surface area contributed by atoms with Gasteiger partial charge in [0, 0.05) is 36.5 Å². The van der Waals surface area contributed by atoms with E-state index in [0.29, 0.717) is 34.4 Å². The number of benzene rings is 1. The average molecular weight is 375 g/mol. The number of hydrogen-bond acceptors (Lipinski definition) is 3. The van der Waals surface area contributed by atoms with Gasteiger partial charge in [-0.15, -0.1) is 0 Å². The number of anilines is 2. The Balaban J connectivity index is 1.95. The van der Waals surface area contributed by atoms with Crippen molar-refractivity contribution >= 4 is 40.9 Å². The van der Waals surface area contributed by atoms with Crippen LogP contribution in [-0.2, 0) is 16.6 Å². The van der Waals surface area contributed by atoms with Crippen LogP contribution in [0.25, 0.3) is 6.08 Å². The summed E-state index contributed by atoms with van der Waals surface area (Å²) in [5.74, 6) is 0.00153. The van der Waals surface area contributed by atoms with Gasteiger partial charge in [-0.25, -0.2) is 0 Å². The molecule has 0 bridgehead atoms. The normalized spacial score (nSPS) is 11.2. The van der Waals surface area contributed by atoms with E-state index in [-0.39, 0.29) is 11.8 Å². The quantitative estimate of drug-likeness (QED) is 0.750. The van der Waals surface area contributed by atoms with Crippen LogP contribution in [0, 0.1) is 12.8 Å². The first-order valence-electron chi connectivity index (χ1n) is 8.34. The van der Waals surface area contributed by atoms with E-state index >= 15 is 0 Å². The molecule has 0 fully saturated rings. The fraction of sp³-hybridized carbons (Fsp3) is 0.316. The first-order chi connectivity index (χ1) is 12.3. The van der Waals surface area contributed by atoms with Gasteiger partial charge in [0.25, 0.3) is 0 Å². The summed E-state index contributed by atoms with van der Waals surface area (Å²) in [4.78, 5) is 23.8. The van der Waals surface area contributed by atoms with Crippen molar-refractivity contribution in [1.29, 1.82) is 0 Å². The van der Waals surface area contributed by atoms with E-state index in [1.807, 2.05) is 20.8 Å². The first-order valence-corrected chi connectivity index (χ1v) is 8.72. The number of amides is 2.